The first-order valence-electron chi connectivity index (χ1n) is 9.58. The molecule has 1 saturated carbocycles. The topological polar surface area (TPSA) is 66.9 Å². The Balaban J connectivity index is 1.46. The summed E-state index contributed by atoms with van der Waals surface area (Å²) in [5.74, 6) is 1.07. The largest absolute Gasteiger partial charge is 0.353 e. The Hall–Kier alpha value is -1.66. The van der Waals surface area contributed by atoms with Gasteiger partial charge in [0.2, 0.25) is 11.9 Å². The zero-order chi connectivity index (χ0) is 19.0. The number of fused-ring (bicyclic) bond motifs is 1. The second kappa shape index (κ2) is 7.76. The standard InChI is InChI=1S/C20H25ClN4OS/c1-11-9-27-10-16(11)18-5-6-22-20(25-18)23-12(2)15-8-13-7-14(21)3-4-17(13)24-19(15)26/h5-6,9-10,12-15,17H,3-4,7-8H2,1-2H3,(H,24,26)(H,22,23,25)/t12-,13?,14?,15?,17?/m0/s1. The van der Waals surface area contributed by atoms with Crippen LogP contribution in [0, 0.1) is 18.8 Å². The maximum atomic E-state index is 12.6. The van der Waals surface area contributed by atoms with Crippen LogP contribution in [0.2, 0.25) is 0 Å². The number of nitrogens with one attached hydrogen (secondary N) is 2. The number of carbonyl (C=O) groups excluding carboxylic acids is 1. The lowest BCUT2D eigenvalue weighted by Gasteiger charge is -2.42. The number of amides is 1. The first kappa shape index (κ1) is 18.7. The van der Waals surface area contributed by atoms with Gasteiger partial charge in [0.15, 0.2) is 0 Å². The summed E-state index contributed by atoms with van der Waals surface area (Å²) in [6.07, 6.45) is 5.61. The Kier molecular flexibility index (Phi) is 5.37. The maximum absolute atomic E-state index is 12.6. The second-order valence-corrected chi connectivity index (χ2v) is 9.16. The average molecular weight is 405 g/mol. The minimum Gasteiger partial charge on any atom is -0.353 e. The van der Waals surface area contributed by atoms with Gasteiger partial charge < -0.3 is 10.6 Å². The molecule has 27 heavy (non-hydrogen) atoms. The van der Waals surface area contributed by atoms with E-state index >= 15 is 0 Å². The molecular formula is C20H25ClN4OS. The SMILES string of the molecule is Cc1cscc1-c1ccnc(N[C@@H](C)C2CC3CC(Cl)CCC3NC2=O)n1. The van der Waals surface area contributed by atoms with Crippen molar-refractivity contribution in [1.82, 2.24) is 15.3 Å². The summed E-state index contributed by atoms with van der Waals surface area (Å²) in [6, 6.07) is 2.17. The Bertz CT molecular complexity index is 826. The van der Waals surface area contributed by atoms with E-state index in [2.05, 4.69) is 38.3 Å². The summed E-state index contributed by atoms with van der Waals surface area (Å²) in [5, 5.41) is 11.0. The van der Waals surface area contributed by atoms with Gasteiger partial charge in [-0.05, 0) is 62.5 Å². The molecule has 5 nitrogen and oxygen atoms in total. The maximum Gasteiger partial charge on any atom is 0.225 e. The van der Waals surface area contributed by atoms with Gasteiger partial charge in [0, 0.05) is 34.6 Å². The number of thiophene rings is 1. The lowest BCUT2D eigenvalue weighted by molar-refractivity contribution is -0.130. The lowest BCUT2D eigenvalue weighted by atomic mass is 9.74. The summed E-state index contributed by atoms with van der Waals surface area (Å²) >= 11 is 8.03. The van der Waals surface area contributed by atoms with Crippen molar-refractivity contribution >= 4 is 34.8 Å². The number of carbonyl (C=O) groups is 1. The second-order valence-electron chi connectivity index (χ2n) is 7.79. The van der Waals surface area contributed by atoms with Crippen LogP contribution in [-0.4, -0.2) is 33.3 Å². The van der Waals surface area contributed by atoms with Crippen LogP contribution in [-0.2, 0) is 4.79 Å². The first-order valence-corrected chi connectivity index (χ1v) is 11.0. The van der Waals surface area contributed by atoms with Gasteiger partial charge in [-0.25, -0.2) is 9.97 Å². The third-order valence-electron chi connectivity index (χ3n) is 5.89. The fraction of sp³-hybridized carbons (Fsp3) is 0.550. The highest BCUT2D eigenvalue weighted by Gasteiger charge is 2.41. The molecule has 7 heteroatoms. The van der Waals surface area contributed by atoms with E-state index in [1.54, 1.807) is 17.5 Å². The molecule has 1 amide bonds. The molecule has 5 atom stereocenters. The van der Waals surface area contributed by atoms with Gasteiger partial charge in [0.05, 0.1) is 11.6 Å². The smallest absolute Gasteiger partial charge is 0.225 e. The van der Waals surface area contributed by atoms with Crippen molar-refractivity contribution in [3.63, 3.8) is 0 Å². The molecule has 2 aliphatic rings. The number of nitrogens with zero attached hydrogens (tertiary/aromatic N) is 2. The molecule has 2 aromatic rings. The molecule has 2 aromatic heterocycles. The number of alkyl halides is 1. The van der Waals surface area contributed by atoms with Crippen LogP contribution in [0.5, 0.6) is 0 Å². The van der Waals surface area contributed by atoms with Crippen LogP contribution in [0.4, 0.5) is 5.95 Å². The fourth-order valence-electron chi connectivity index (χ4n) is 4.32. The van der Waals surface area contributed by atoms with Crippen LogP contribution in [0.25, 0.3) is 11.3 Å². The summed E-state index contributed by atoms with van der Waals surface area (Å²) < 4.78 is 0. The highest BCUT2D eigenvalue weighted by molar-refractivity contribution is 7.08. The number of hydrogen-bond acceptors (Lipinski definition) is 5. The van der Waals surface area contributed by atoms with E-state index in [-0.39, 0.29) is 29.3 Å². The highest BCUT2D eigenvalue weighted by atomic mass is 35.5. The van der Waals surface area contributed by atoms with Crippen LogP contribution in [0.1, 0.15) is 38.2 Å². The number of hydrogen-bond donors (Lipinski definition) is 2. The number of piperidine rings is 1. The van der Waals surface area contributed by atoms with E-state index in [1.807, 2.05) is 13.0 Å². The van der Waals surface area contributed by atoms with Crippen LogP contribution in [0.15, 0.2) is 23.0 Å². The van der Waals surface area contributed by atoms with Gasteiger partial charge in [0.1, 0.15) is 0 Å². The average Bonchev–Trinajstić information content (AvgIpc) is 3.07. The number of halogens is 1. The van der Waals surface area contributed by atoms with Crippen LogP contribution in [0.3, 0.4) is 0 Å². The Morgan fingerprint density at radius 2 is 2.19 bits per heavy atom. The number of aryl methyl sites for hydroxylation is 1. The van der Waals surface area contributed by atoms with Gasteiger partial charge in [0.25, 0.3) is 0 Å². The van der Waals surface area contributed by atoms with Crippen LogP contribution >= 0.6 is 22.9 Å². The van der Waals surface area contributed by atoms with Gasteiger partial charge in [-0.3, -0.25) is 4.79 Å². The van der Waals surface area contributed by atoms with Gasteiger partial charge in [-0.1, -0.05) is 0 Å². The van der Waals surface area contributed by atoms with Gasteiger partial charge in [-0.2, -0.15) is 11.3 Å². The monoisotopic (exact) mass is 404 g/mol. The van der Waals surface area contributed by atoms with E-state index in [1.165, 1.54) is 5.56 Å². The van der Waals surface area contributed by atoms with E-state index in [9.17, 15) is 4.79 Å². The molecule has 0 bridgehead atoms. The number of anilines is 1. The van der Waals surface area contributed by atoms with Crippen molar-refractivity contribution in [2.24, 2.45) is 11.8 Å². The minimum absolute atomic E-state index is 0.0412. The first-order chi connectivity index (χ1) is 13.0. The van der Waals surface area contributed by atoms with Crippen molar-refractivity contribution in [3.05, 3.63) is 28.6 Å². The van der Waals surface area contributed by atoms with Gasteiger partial charge >= 0.3 is 0 Å². The summed E-state index contributed by atoms with van der Waals surface area (Å²) in [5.41, 5.74) is 3.25. The van der Waals surface area contributed by atoms with E-state index < -0.39 is 0 Å². The Labute approximate surface area is 169 Å². The van der Waals surface area contributed by atoms with Crippen LogP contribution < -0.4 is 10.6 Å². The molecule has 3 heterocycles. The molecule has 2 N–H and O–H groups in total. The van der Waals surface area contributed by atoms with Crippen molar-refractivity contribution in [1.29, 1.82) is 0 Å². The van der Waals surface area contributed by atoms with Gasteiger partial charge in [-0.15, -0.1) is 11.6 Å². The third kappa shape index (κ3) is 3.97. The van der Waals surface area contributed by atoms with Crippen molar-refractivity contribution in [2.75, 3.05) is 5.32 Å². The molecule has 2 fully saturated rings. The third-order valence-corrected chi connectivity index (χ3v) is 7.14. The lowest BCUT2D eigenvalue weighted by Crippen LogP contribution is -2.55. The van der Waals surface area contributed by atoms with Crippen molar-refractivity contribution < 1.29 is 4.79 Å². The Morgan fingerprint density at radius 3 is 2.96 bits per heavy atom. The van der Waals surface area contributed by atoms with E-state index in [0.29, 0.717) is 11.9 Å². The quantitative estimate of drug-likeness (QED) is 0.748. The molecule has 1 aliphatic heterocycles. The molecule has 0 radical (unpaired) electrons. The predicted molar refractivity (Wildman–Crippen MR) is 110 cm³/mol. The number of aromatic nitrogens is 2. The summed E-state index contributed by atoms with van der Waals surface area (Å²) in [6.45, 7) is 4.12. The molecule has 144 valence electrons. The van der Waals surface area contributed by atoms with E-state index in [0.717, 1.165) is 36.9 Å². The fourth-order valence-corrected chi connectivity index (χ4v) is 5.51. The molecular weight excluding hydrogens is 380 g/mol. The molecule has 1 aliphatic carbocycles. The zero-order valence-corrected chi connectivity index (χ0v) is 17.2. The number of rotatable bonds is 4. The van der Waals surface area contributed by atoms with E-state index in [4.69, 9.17) is 11.6 Å². The molecule has 4 unspecified atom stereocenters. The normalized spacial score (nSPS) is 28.9. The zero-order valence-electron chi connectivity index (χ0n) is 15.6. The predicted octanol–water partition coefficient (Wildman–Crippen LogP) is 4.23. The summed E-state index contributed by atoms with van der Waals surface area (Å²) in [7, 11) is 0. The van der Waals surface area contributed by atoms with Crippen molar-refractivity contribution in [3.8, 4) is 11.3 Å². The summed E-state index contributed by atoms with van der Waals surface area (Å²) in [4.78, 5) is 21.7. The highest BCUT2D eigenvalue weighted by Crippen LogP contribution is 2.37. The molecule has 1 saturated heterocycles. The Morgan fingerprint density at radius 1 is 1.33 bits per heavy atom. The molecule has 0 spiro atoms. The molecule has 4 rings (SSSR count). The van der Waals surface area contributed by atoms with Crippen molar-refractivity contribution in [2.45, 2.75) is 57.0 Å². The molecule has 0 aromatic carbocycles. The minimum atomic E-state index is -0.0941.